The van der Waals surface area contributed by atoms with Crippen molar-refractivity contribution in [3.05, 3.63) is 35.9 Å². The number of hydrogen-bond donors (Lipinski definition) is 2. The summed E-state index contributed by atoms with van der Waals surface area (Å²) in [6.07, 6.45) is 0. The van der Waals surface area contributed by atoms with Crippen molar-refractivity contribution in [2.24, 2.45) is 0 Å². The predicted molar refractivity (Wildman–Crippen MR) is 58.8 cm³/mol. The molecule has 0 aliphatic heterocycles. The normalized spacial score (nSPS) is 15.5. The van der Waals surface area contributed by atoms with Crippen LogP contribution in [-0.4, -0.2) is 21.8 Å². The molecule has 0 radical (unpaired) electrons. The number of carbonyl (C=O) groups is 1. The van der Waals surface area contributed by atoms with Crippen LogP contribution in [0.4, 0.5) is 0 Å². The predicted octanol–water partition coefficient (Wildman–Crippen LogP) is 1.73. The Balaban J connectivity index is 3.13. The molecule has 0 aliphatic carbocycles. The van der Waals surface area contributed by atoms with Crippen LogP contribution in [0.1, 0.15) is 26.3 Å². The quantitative estimate of drug-likeness (QED) is 0.767. The van der Waals surface area contributed by atoms with E-state index >= 15 is 0 Å². The summed E-state index contributed by atoms with van der Waals surface area (Å²) < 4.78 is 5.23. The van der Waals surface area contributed by atoms with Gasteiger partial charge in [-0.05, 0) is 20.8 Å². The van der Waals surface area contributed by atoms with Crippen LogP contribution >= 0.6 is 0 Å². The zero-order valence-corrected chi connectivity index (χ0v) is 9.60. The molecule has 1 aromatic carbocycles. The summed E-state index contributed by atoms with van der Waals surface area (Å²) in [5.74, 6) is -3.73. The van der Waals surface area contributed by atoms with Gasteiger partial charge in [0, 0.05) is 5.56 Å². The molecule has 0 aliphatic rings. The van der Waals surface area contributed by atoms with Gasteiger partial charge in [-0.2, -0.15) is 0 Å². The van der Waals surface area contributed by atoms with E-state index in [-0.39, 0.29) is 5.56 Å². The minimum atomic E-state index is -2.31. The van der Waals surface area contributed by atoms with Crippen LogP contribution in [0.3, 0.4) is 0 Å². The molecule has 1 aromatic rings. The minimum Gasteiger partial charge on any atom is -0.477 e. The number of carboxylic acids is 1. The molecule has 0 aromatic heterocycles. The van der Waals surface area contributed by atoms with Gasteiger partial charge in [-0.25, -0.2) is 4.79 Å². The van der Waals surface area contributed by atoms with E-state index in [9.17, 15) is 9.90 Å². The first kappa shape index (κ1) is 12.7. The maximum absolute atomic E-state index is 11.1. The summed E-state index contributed by atoms with van der Waals surface area (Å²) in [6, 6.07) is 8.06. The average molecular weight is 224 g/mol. The molecule has 4 heteroatoms. The number of ether oxygens (including phenoxy) is 1. The van der Waals surface area contributed by atoms with Gasteiger partial charge in [0.1, 0.15) is 0 Å². The molecule has 0 saturated heterocycles. The molecule has 0 saturated carbocycles. The molecule has 88 valence electrons. The van der Waals surface area contributed by atoms with Crippen LogP contribution < -0.4 is 0 Å². The second-order valence-corrected chi connectivity index (χ2v) is 4.53. The third kappa shape index (κ3) is 2.81. The average Bonchev–Trinajstić information content (AvgIpc) is 2.16. The molecule has 1 unspecified atom stereocenters. The van der Waals surface area contributed by atoms with Crippen LogP contribution in [0, 0.1) is 0 Å². The van der Waals surface area contributed by atoms with E-state index in [1.807, 2.05) is 0 Å². The molecule has 1 rings (SSSR count). The maximum Gasteiger partial charge on any atom is 0.369 e. The van der Waals surface area contributed by atoms with E-state index in [1.165, 1.54) is 12.1 Å². The number of benzene rings is 1. The Morgan fingerprint density at radius 3 is 2.06 bits per heavy atom. The van der Waals surface area contributed by atoms with Gasteiger partial charge in [0.25, 0.3) is 5.79 Å². The van der Waals surface area contributed by atoms with Crippen molar-refractivity contribution in [1.82, 2.24) is 0 Å². The Kier molecular flexibility index (Phi) is 3.35. The minimum absolute atomic E-state index is 0.206. The Morgan fingerprint density at radius 2 is 1.69 bits per heavy atom. The monoisotopic (exact) mass is 224 g/mol. The van der Waals surface area contributed by atoms with Crippen LogP contribution in [-0.2, 0) is 15.3 Å². The highest BCUT2D eigenvalue weighted by Crippen LogP contribution is 2.28. The van der Waals surface area contributed by atoms with Crippen molar-refractivity contribution < 1.29 is 19.7 Å². The lowest BCUT2D eigenvalue weighted by Gasteiger charge is -2.31. The smallest absolute Gasteiger partial charge is 0.369 e. The molecule has 1 atom stereocenters. The van der Waals surface area contributed by atoms with Gasteiger partial charge in [0.2, 0.25) is 0 Å². The lowest BCUT2D eigenvalue weighted by Crippen LogP contribution is -2.44. The summed E-state index contributed by atoms with van der Waals surface area (Å²) in [5.41, 5.74) is -0.555. The highest BCUT2D eigenvalue weighted by molar-refractivity contribution is 5.77. The molecule has 0 spiro atoms. The Hall–Kier alpha value is -1.39. The Morgan fingerprint density at radius 1 is 1.19 bits per heavy atom. The molecule has 4 nitrogen and oxygen atoms in total. The number of hydrogen-bond acceptors (Lipinski definition) is 3. The molecule has 0 amide bonds. The van der Waals surface area contributed by atoms with Crippen molar-refractivity contribution in [2.45, 2.75) is 32.2 Å². The van der Waals surface area contributed by atoms with Gasteiger partial charge in [-0.1, -0.05) is 30.3 Å². The summed E-state index contributed by atoms with van der Waals surface area (Å²) in [6.45, 7) is 5.05. The van der Waals surface area contributed by atoms with E-state index in [2.05, 4.69) is 0 Å². The summed E-state index contributed by atoms with van der Waals surface area (Å²) in [5, 5.41) is 19.1. The van der Waals surface area contributed by atoms with Crippen molar-refractivity contribution in [1.29, 1.82) is 0 Å². The fourth-order valence-electron chi connectivity index (χ4n) is 1.33. The summed E-state index contributed by atoms with van der Waals surface area (Å²) >= 11 is 0. The van der Waals surface area contributed by atoms with Gasteiger partial charge in [0.05, 0.1) is 5.60 Å². The van der Waals surface area contributed by atoms with Gasteiger partial charge in [-0.15, -0.1) is 0 Å². The second-order valence-electron chi connectivity index (χ2n) is 4.53. The summed E-state index contributed by atoms with van der Waals surface area (Å²) in [7, 11) is 0. The highest BCUT2D eigenvalue weighted by Gasteiger charge is 2.42. The molecule has 0 heterocycles. The summed E-state index contributed by atoms with van der Waals surface area (Å²) in [4.78, 5) is 11.1. The van der Waals surface area contributed by atoms with Gasteiger partial charge >= 0.3 is 5.97 Å². The first-order chi connectivity index (χ1) is 7.26. The number of rotatable bonds is 3. The maximum atomic E-state index is 11.1. The SMILES string of the molecule is CC(C)(C)OC(O)(C(=O)O)c1ccccc1. The number of carboxylic acid groups (broad SMARTS) is 1. The zero-order valence-electron chi connectivity index (χ0n) is 9.60. The van der Waals surface area contributed by atoms with Gasteiger partial charge in [-0.3, -0.25) is 0 Å². The molecular weight excluding hydrogens is 208 g/mol. The third-order valence-electron chi connectivity index (χ3n) is 1.91. The molecule has 2 N–H and O–H groups in total. The molecule has 0 bridgehead atoms. The Labute approximate surface area is 94.5 Å². The van der Waals surface area contributed by atoms with Crippen LogP contribution in [0.5, 0.6) is 0 Å². The van der Waals surface area contributed by atoms with E-state index in [1.54, 1.807) is 39.0 Å². The molecule has 16 heavy (non-hydrogen) atoms. The van der Waals surface area contributed by atoms with Crippen LogP contribution in [0.15, 0.2) is 30.3 Å². The topological polar surface area (TPSA) is 66.8 Å². The van der Waals surface area contributed by atoms with Gasteiger partial charge < -0.3 is 14.9 Å². The second kappa shape index (κ2) is 4.23. The number of aliphatic carboxylic acids is 1. The number of aliphatic hydroxyl groups is 1. The van der Waals surface area contributed by atoms with E-state index in [0.717, 1.165) is 0 Å². The molecule has 0 fully saturated rings. The lowest BCUT2D eigenvalue weighted by atomic mass is 10.0. The first-order valence-corrected chi connectivity index (χ1v) is 4.97. The highest BCUT2D eigenvalue weighted by atomic mass is 16.7. The fraction of sp³-hybridized carbons (Fsp3) is 0.417. The van der Waals surface area contributed by atoms with Gasteiger partial charge in [0.15, 0.2) is 0 Å². The fourth-order valence-corrected chi connectivity index (χ4v) is 1.33. The standard InChI is InChI=1S/C12H16O4/c1-11(2,3)16-12(15,10(13)14)9-7-5-4-6-8-9/h4-8,15H,1-3H3,(H,13,14). The first-order valence-electron chi connectivity index (χ1n) is 4.97. The van der Waals surface area contributed by atoms with E-state index in [4.69, 9.17) is 9.84 Å². The third-order valence-corrected chi connectivity index (χ3v) is 1.91. The van der Waals surface area contributed by atoms with E-state index in [0.29, 0.717) is 0 Å². The van der Waals surface area contributed by atoms with Crippen LogP contribution in [0.25, 0.3) is 0 Å². The molecular formula is C12H16O4. The van der Waals surface area contributed by atoms with Crippen molar-refractivity contribution in [2.75, 3.05) is 0 Å². The van der Waals surface area contributed by atoms with Crippen molar-refractivity contribution in [3.63, 3.8) is 0 Å². The Bertz CT molecular complexity index is 366. The zero-order chi connectivity index (χ0) is 12.4. The largest absolute Gasteiger partial charge is 0.477 e. The van der Waals surface area contributed by atoms with Crippen molar-refractivity contribution in [3.8, 4) is 0 Å². The van der Waals surface area contributed by atoms with E-state index < -0.39 is 17.4 Å². The lowest BCUT2D eigenvalue weighted by molar-refractivity contribution is -0.262. The van der Waals surface area contributed by atoms with Crippen LogP contribution in [0.2, 0.25) is 0 Å². The van der Waals surface area contributed by atoms with Crippen molar-refractivity contribution >= 4 is 5.97 Å².